The molecule has 122 valence electrons. The third kappa shape index (κ3) is 4.26. The second kappa shape index (κ2) is 8.02. The second-order valence-corrected chi connectivity index (χ2v) is 5.99. The molecule has 0 spiro atoms. The first-order valence-electron chi connectivity index (χ1n) is 7.27. The number of halogens is 1. The van der Waals surface area contributed by atoms with E-state index in [1.54, 1.807) is 44.4 Å². The molecule has 0 N–H and O–H groups in total. The van der Waals surface area contributed by atoms with E-state index in [2.05, 4.69) is 15.9 Å². The van der Waals surface area contributed by atoms with E-state index in [0.717, 1.165) is 22.2 Å². The number of ether oxygens (including phenoxy) is 2. The van der Waals surface area contributed by atoms with Crippen molar-refractivity contribution in [2.75, 3.05) is 27.8 Å². The Balaban J connectivity index is 2.04. The average Bonchev–Trinajstić information content (AvgIpc) is 2.59. The van der Waals surface area contributed by atoms with Crippen LogP contribution in [0.15, 0.2) is 46.9 Å². The Bertz CT molecular complexity index is 688. The molecule has 1 amide bonds. The van der Waals surface area contributed by atoms with Crippen molar-refractivity contribution in [1.82, 2.24) is 4.90 Å². The van der Waals surface area contributed by atoms with E-state index in [4.69, 9.17) is 9.47 Å². The molecule has 0 atom stereocenters. The maximum Gasteiger partial charge on any atom is 0.253 e. The lowest BCUT2D eigenvalue weighted by Gasteiger charge is -2.18. The Morgan fingerprint density at radius 3 is 2.43 bits per heavy atom. The maximum atomic E-state index is 12.5. The highest BCUT2D eigenvalue weighted by atomic mass is 79.9. The minimum Gasteiger partial charge on any atom is -0.496 e. The molecular weight excluding hydrogens is 358 g/mol. The molecule has 0 heterocycles. The maximum absolute atomic E-state index is 12.5. The van der Waals surface area contributed by atoms with E-state index in [-0.39, 0.29) is 5.91 Å². The van der Waals surface area contributed by atoms with Crippen LogP contribution in [0, 0.1) is 0 Å². The summed E-state index contributed by atoms with van der Waals surface area (Å²) >= 11 is 3.41. The van der Waals surface area contributed by atoms with Crippen LogP contribution in [0.1, 0.15) is 15.9 Å². The van der Waals surface area contributed by atoms with Gasteiger partial charge in [-0.1, -0.05) is 18.2 Å². The van der Waals surface area contributed by atoms with E-state index in [9.17, 15) is 4.79 Å². The van der Waals surface area contributed by atoms with Gasteiger partial charge in [0.25, 0.3) is 5.91 Å². The molecule has 0 unspecified atom stereocenters. The van der Waals surface area contributed by atoms with Crippen molar-refractivity contribution < 1.29 is 14.3 Å². The molecule has 2 aromatic carbocycles. The largest absolute Gasteiger partial charge is 0.496 e. The molecule has 0 aliphatic heterocycles. The molecule has 0 aliphatic carbocycles. The predicted molar refractivity (Wildman–Crippen MR) is 94.4 cm³/mol. The number of hydrogen-bond acceptors (Lipinski definition) is 3. The van der Waals surface area contributed by atoms with E-state index < -0.39 is 0 Å². The van der Waals surface area contributed by atoms with E-state index in [1.807, 2.05) is 24.3 Å². The lowest BCUT2D eigenvalue weighted by molar-refractivity contribution is 0.0796. The summed E-state index contributed by atoms with van der Waals surface area (Å²) < 4.78 is 11.3. The highest BCUT2D eigenvalue weighted by Crippen LogP contribution is 2.26. The lowest BCUT2D eigenvalue weighted by atomic mass is 10.1. The SMILES string of the molecule is COc1ccc(C(=O)N(C)CCc2ccccc2OC)cc1Br. The van der Waals surface area contributed by atoms with Gasteiger partial charge in [-0.2, -0.15) is 0 Å². The van der Waals surface area contributed by atoms with E-state index >= 15 is 0 Å². The van der Waals surface area contributed by atoms with Crippen molar-refractivity contribution >= 4 is 21.8 Å². The number of nitrogens with zero attached hydrogens (tertiary/aromatic N) is 1. The zero-order valence-corrected chi connectivity index (χ0v) is 15.1. The second-order valence-electron chi connectivity index (χ2n) is 5.14. The summed E-state index contributed by atoms with van der Waals surface area (Å²) in [7, 11) is 5.05. The minimum absolute atomic E-state index is 0.0248. The zero-order chi connectivity index (χ0) is 16.8. The molecule has 23 heavy (non-hydrogen) atoms. The van der Waals surface area contributed by atoms with Gasteiger partial charge in [0.15, 0.2) is 0 Å². The molecule has 0 aromatic heterocycles. The summed E-state index contributed by atoms with van der Waals surface area (Å²) in [6.45, 7) is 0.614. The molecule has 4 nitrogen and oxygen atoms in total. The number of carbonyl (C=O) groups excluding carboxylic acids is 1. The van der Waals surface area contributed by atoms with Crippen molar-refractivity contribution in [2.45, 2.75) is 6.42 Å². The summed E-state index contributed by atoms with van der Waals surface area (Å²) in [5, 5.41) is 0. The predicted octanol–water partition coefficient (Wildman–Crippen LogP) is 3.78. The number of benzene rings is 2. The lowest BCUT2D eigenvalue weighted by Crippen LogP contribution is -2.28. The fourth-order valence-corrected chi connectivity index (χ4v) is 2.86. The van der Waals surface area contributed by atoms with Gasteiger partial charge in [-0.15, -0.1) is 0 Å². The number of para-hydroxylation sites is 1. The summed E-state index contributed by atoms with van der Waals surface area (Å²) in [5.41, 5.74) is 1.71. The molecule has 2 rings (SSSR count). The van der Waals surface area contributed by atoms with Gasteiger partial charge in [0.2, 0.25) is 0 Å². The number of rotatable bonds is 6. The number of hydrogen-bond donors (Lipinski definition) is 0. The fraction of sp³-hybridized carbons (Fsp3) is 0.278. The number of carbonyl (C=O) groups is 1. The highest BCUT2D eigenvalue weighted by Gasteiger charge is 2.14. The van der Waals surface area contributed by atoms with Crippen molar-refractivity contribution in [3.63, 3.8) is 0 Å². The van der Waals surface area contributed by atoms with Gasteiger partial charge < -0.3 is 14.4 Å². The molecule has 0 saturated heterocycles. The van der Waals surface area contributed by atoms with Gasteiger partial charge in [0, 0.05) is 19.2 Å². The Morgan fingerprint density at radius 1 is 1.09 bits per heavy atom. The standard InChI is InChI=1S/C18H20BrNO3/c1-20(11-10-13-6-4-5-7-16(13)22-2)18(21)14-8-9-17(23-3)15(19)12-14/h4-9,12H,10-11H2,1-3H3. The summed E-state index contributed by atoms with van der Waals surface area (Å²) in [6, 6.07) is 13.2. The summed E-state index contributed by atoms with van der Waals surface area (Å²) in [4.78, 5) is 14.2. The zero-order valence-electron chi connectivity index (χ0n) is 13.5. The molecule has 2 aromatic rings. The molecular formula is C18H20BrNO3. The Kier molecular flexibility index (Phi) is 6.04. The summed E-state index contributed by atoms with van der Waals surface area (Å²) in [5.74, 6) is 1.53. The number of amides is 1. The first kappa shape index (κ1) is 17.3. The fourth-order valence-electron chi connectivity index (χ4n) is 2.32. The normalized spacial score (nSPS) is 10.3. The molecule has 0 bridgehead atoms. The Morgan fingerprint density at radius 2 is 1.78 bits per heavy atom. The minimum atomic E-state index is -0.0248. The van der Waals surface area contributed by atoms with Crippen LogP contribution in [0.5, 0.6) is 11.5 Å². The third-order valence-electron chi connectivity index (χ3n) is 3.65. The third-order valence-corrected chi connectivity index (χ3v) is 4.27. The van der Waals surface area contributed by atoms with Crippen LogP contribution in [0.3, 0.4) is 0 Å². The monoisotopic (exact) mass is 377 g/mol. The van der Waals surface area contributed by atoms with E-state index in [0.29, 0.717) is 17.9 Å². The molecule has 0 saturated carbocycles. The van der Waals surface area contributed by atoms with Gasteiger partial charge in [0.05, 0.1) is 18.7 Å². The smallest absolute Gasteiger partial charge is 0.253 e. The molecule has 0 fully saturated rings. The van der Waals surface area contributed by atoms with Gasteiger partial charge in [-0.05, 0) is 52.2 Å². The van der Waals surface area contributed by atoms with Crippen LogP contribution in [0.25, 0.3) is 0 Å². The topological polar surface area (TPSA) is 38.8 Å². The van der Waals surface area contributed by atoms with Crippen molar-refractivity contribution in [3.05, 3.63) is 58.1 Å². The first-order chi connectivity index (χ1) is 11.1. The van der Waals surface area contributed by atoms with Crippen LogP contribution in [0.4, 0.5) is 0 Å². The Hall–Kier alpha value is -2.01. The quantitative estimate of drug-likeness (QED) is 0.768. The van der Waals surface area contributed by atoms with Crippen LogP contribution < -0.4 is 9.47 Å². The molecule has 0 aliphatic rings. The van der Waals surface area contributed by atoms with Gasteiger partial charge >= 0.3 is 0 Å². The van der Waals surface area contributed by atoms with Crippen LogP contribution in [-0.4, -0.2) is 38.6 Å². The number of methoxy groups -OCH3 is 2. The summed E-state index contributed by atoms with van der Waals surface area (Å²) in [6.07, 6.45) is 0.740. The first-order valence-corrected chi connectivity index (χ1v) is 8.07. The highest BCUT2D eigenvalue weighted by molar-refractivity contribution is 9.10. The van der Waals surface area contributed by atoms with Gasteiger partial charge in [0.1, 0.15) is 11.5 Å². The van der Waals surface area contributed by atoms with Crippen LogP contribution in [0.2, 0.25) is 0 Å². The Labute approximate surface area is 145 Å². The van der Waals surface area contributed by atoms with Crippen LogP contribution in [-0.2, 0) is 6.42 Å². The van der Waals surface area contributed by atoms with Crippen molar-refractivity contribution in [1.29, 1.82) is 0 Å². The van der Waals surface area contributed by atoms with Crippen LogP contribution >= 0.6 is 15.9 Å². The van der Waals surface area contributed by atoms with Gasteiger partial charge in [-0.3, -0.25) is 4.79 Å². The van der Waals surface area contributed by atoms with Crippen molar-refractivity contribution in [2.24, 2.45) is 0 Å². The van der Waals surface area contributed by atoms with E-state index in [1.165, 1.54) is 0 Å². The average molecular weight is 378 g/mol. The molecule has 0 radical (unpaired) electrons. The van der Waals surface area contributed by atoms with Crippen molar-refractivity contribution in [3.8, 4) is 11.5 Å². The molecule has 5 heteroatoms. The number of likely N-dealkylation sites (N-methyl/N-ethyl adjacent to an activating group) is 1. The van der Waals surface area contributed by atoms with Gasteiger partial charge in [-0.25, -0.2) is 0 Å².